The molecule has 0 aromatic carbocycles. The number of nitrogens with two attached hydrogens (primary N) is 1. The fraction of sp³-hybridized carbons (Fsp3) is 0.545. The minimum absolute atomic E-state index is 0.0374. The summed E-state index contributed by atoms with van der Waals surface area (Å²) in [5, 5.41) is 8.86. The highest BCUT2D eigenvalue weighted by atomic mass is 16.5. The lowest BCUT2D eigenvalue weighted by Gasteiger charge is -2.16. The zero-order valence-corrected chi connectivity index (χ0v) is 11.1. The average molecular weight is 269 g/mol. The fourth-order valence-corrected chi connectivity index (χ4v) is 1.45. The van der Waals surface area contributed by atoms with Gasteiger partial charge < -0.3 is 20.7 Å². The third-order valence-corrected chi connectivity index (χ3v) is 2.46. The van der Waals surface area contributed by atoms with Crippen molar-refractivity contribution in [2.24, 2.45) is 0 Å². The maximum Gasteiger partial charge on any atom is 0.274 e. The van der Waals surface area contributed by atoms with Gasteiger partial charge in [0.25, 0.3) is 5.91 Å². The van der Waals surface area contributed by atoms with Crippen molar-refractivity contribution < 1.29 is 14.3 Å². The second kappa shape index (κ2) is 7.37. The summed E-state index contributed by atoms with van der Waals surface area (Å²) in [7, 11) is 3.13. The first-order valence-corrected chi connectivity index (χ1v) is 5.86. The summed E-state index contributed by atoms with van der Waals surface area (Å²) in [4.78, 5) is 24.8. The lowest BCUT2D eigenvalue weighted by molar-refractivity contribution is -0.121. The Hall–Kier alpha value is -2.09. The molecule has 1 aromatic rings. The van der Waals surface area contributed by atoms with Crippen LogP contribution in [0.25, 0.3) is 0 Å². The number of aromatic amines is 1. The number of aromatic nitrogens is 2. The molecule has 0 radical (unpaired) electrons. The van der Waals surface area contributed by atoms with E-state index in [9.17, 15) is 9.59 Å². The number of nitrogen functional groups attached to an aromatic ring is 1. The lowest BCUT2D eigenvalue weighted by atomic mass is 10.3. The minimum Gasteiger partial charge on any atom is -0.396 e. The largest absolute Gasteiger partial charge is 0.396 e. The van der Waals surface area contributed by atoms with Crippen molar-refractivity contribution in [2.45, 2.75) is 6.42 Å². The summed E-state index contributed by atoms with van der Waals surface area (Å²) in [5.74, 6) is -0.605. The van der Waals surface area contributed by atoms with Gasteiger partial charge in [-0.25, -0.2) is 0 Å². The summed E-state index contributed by atoms with van der Waals surface area (Å²) in [6.45, 7) is 1.06. The monoisotopic (exact) mass is 269 g/mol. The zero-order valence-electron chi connectivity index (χ0n) is 11.1. The summed E-state index contributed by atoms with van der Waals surface area (Å²) in [6, 6.07) is 0. The Morgan fingerprint density at radius 3 is 2.89 bits per heavy atom. The van der Waals surface area contributed by atoms with Crippen LogP contribution < -0.4 is 11.1 Å². The van der Waals surface area contributed by atoms with Gasteiger partial charge in [-0.2, -0.15) is 5.10 Å². The molecule has 106 valence electrons. The quantitative estimate of drug-likeness (QED) is 0.562. The molecule has 19 heavy (non-hydrogen) atoms. The molecule has 0 saturated heterocycles. The molecule has 4 N–H and O–H groups in total. The smallest absolute Gasteiger partial charge is 0.274 e. The van der Waals surface area contributed by atoms with Crippen molar-refractivity contribution in [3.05, 3.63) is 11.9 Å². The molecule has 1 rings (SSSR count). The van der Waals surface area contributed by atoms with Crippen molar-refractivity contribution in [3.8, 4) is 0 Å². The summed E-state index contributed by atoms with van der Waals surface area (Å²) < 4.78 is 4.86. The molecule has 8 nitrogen and oxygen atoms in total. The Morgan fingerprint density at radius 1 is 1.58 bits per heavy atom. The standard InChI is InChI=1S/C11H19N5O3/c1-16(7-9(17)13-4-3-5-19-2)11(18)10-8(12)6-14-15-10/h6H,3-5,7,12H2,1-2H3,(H,13,17)(H,14,15). The third kappa shape index (κ3) is 4.59. The van der Waals surface area contributed by atoms with E-state index >= 15 is 0 Å². The number of ether oxygens (including phenoxy) is 1. The van der Waals surface area contributed by atoms with Crippen LogP contribution in [-0.2, 0) is 9.53 Å². The molecule has 8 heteroatoms. The maximum absolute atomic E-state index is 11.9. The van der Waals surface area contributed by atoms with Crippen LogP contribution >= 0.6 is 0 Å². The maximum atomic E-state index is 11.9. The zero-order chi connectivity index (χ0) is 14.3. The molecule has 0 spiro atoms. The summed E-state index contributed by atoms with van der Waals surface area (Å²) in [6.07, 6.45) is 2.08. The molecular formula is C11H19N5O3. The summed E-state index contributed by atoms with van der Waals surface area (Å²) >= 11 is 0. The number of methoxy groups -OCH3 is 1. The highest BCUT2D eigenvalue weighted by molar-refractivity contribution is 5.98. The van der Waals surface area contributed by atoms with E-state index in [1.165, 1.54) is 18.1 Å². The first-order chi connectivity index (χ1) is 9.06. The van der Waals surface area contributed by atoms with Crippen LogP contribution in [0, 0.1) is 0 Å². The highest BCUT2D eigenvalue weighted by Gasteiger charge is 2.18. The number of rotatable bonds is 7. The molecule has 0 atom stereocenters. The van der Waals surface area contributed by atoms with Gasteiger partial charge in [-0.15, -0.1) is 0 Å². The van der Waals surface area contributed by atoms with E-state index in [1.54, 1.807) is 7.11 Å². The van der Waals surface area contributed by atoms with Crippen molar-refractivity contribution in [1.82, 2.24) is 20.4 Å². The first-order valence-electron chi connectivity index (χ1n) is 5.86. The number of amides is 2. The topological polar surface area (TPSA) is 113 Å². The molecule has 0 bridgehead atoms. The van der Waals surface area contributed by atoms with Crippen molar-refractivity contribution >= 4 is 17.5 Å². The number of carbonyl (C=O) groups is 2. The number of hydrogen-bond acceptors (Lipinski definition) is 5. The molecular weight excluding hydrogens is 250 g/mol. The van der Waals surface area contributed by atoms with Crippen molar-refractivity contribution in [1.29, 1.82) is 0 Å². The van der Waals surface area contributed by atoms with Crippen LogP contribution in [0.2, 0.25) is 0 Å². The van der Waals surface area contributed by atoms with E-state index in [0.29, 0.717) is 13.2 Å². The normalized spacial score (nSPS) is 10.2. The Kier molecular flexibility index (Phi) is 5.80. The Bertz CT molecular complexity index is 432. The van der Waals surface area contributed by atoms with Crippen LogP contribution in [0.1, 0.15) is 16.9 Å². The number of carbonyl (C=O) groups excluding carboxylic acids is 2. The molecule has 1 heterocycles. The minimum atomic E-state index is -0.373. The Morgan fingerprint density at radius 2 is 2.32 bits per heavy atom. The van der Waals surface area contributed by atoms with Crippen molar-refractivity contribution in [3.63, 3.8) is 0 Å². The van der Waals surface area contributed by atoms with E-state index < -0.39 is 0 Å². The van der Waals surface area contributed by atoms with E-state index in [2.05, 4.69) is 15.5 Å². The third-order valence-electron chi connectivity index (χ3n) is 2.46. The highest BCUT2D eigenvalue weighted by Crippen LogP contribution is 2.08. The van der Waals surface area contributed by atoms with Gasteiger partial charge in [-0.1, -0.05) is 0 Å². The van der Waals surface area contributed by atoms with Gasteiger partial charge in [0.05, 0.1) is 18.4 Å². The molecule has 1 aromatic heterocycles. The Balaban J connectivity index is 2.38. The molecule has 0 aliphatic heterocycles. The van der Waals surface area contributed by atoms with Crippen LogP contribution in [0.5, 0.6) is 0 Å². The second-order valence-electron chi connectivity index (χ2n) is 4.06. The number of likely N-dealkylation sites (N-methyl/N-ethyl adjacent to an activating group) is 1. The van der Waals surface area contributed by atoms with Gasteiger partial charge in [0.15, 0.2) is 0 Å². The lowest BCUT2D eigenvalue weighted by Crippen LogP contribution is -2.39. The Labute approximate surface area is 111 Å². The number of nitrogens with one attached hydrogen (secondary N) is 2. The molecule has 0 aliphatic carbocycles. The van der Waals surface area contributed by atoms with Crippen LogP contribution in [0.15, 0.2) is 6.20 Å². The number of H-pyrrole nitrogens is 1. The first kappa shape index (κ1) is 15.0. The van der Waals surface area contributed by atoms with Gasteiger partial charge in [-0.3, -0.25) is 14.7 Å². The molecule has 0 fully saturated rings. The van der Waals surface area contributed by atoms with Crippen LogP contribution in [0.4, 0.5) is 5.69 Å². The van der Waals surface area contributed by atoms with Gasteiger partial charge in [0.1, 0.15) is 5.69 Å². The fourth-order valence-electron chi connectivity index (χ4n) is 1.45. The van der Waals surface area contributed by atoms with Crippen molar-refractivity contribution in [2.75, 3.05) is 39.6 Å². The van der Waals surface area contributed by atoms with E-state index in [4.69, 9.17) is 10.5 Å². The molecule has 0 aliphatic rings. The number of hydrogen-bond donors (Lipinski definition) is 3. The molecule has 0 unspecified atom stereocenters. The summed E-state index contributed by atoms with van der Waals surface area (Å²) in [5.41, 5.74) is 6.02. The van der Waals surface area contributed by atoms with E-state index in [1.807, 2.05) is 0 Å². The predicted octanol–water partition coefficient (Wildman–Crippen LogP) is -0.783. The molecule has 0 saturated carbocycles. The average Bonchev–Trinajstić information content (AvgIpc) is 2.80. The van der Waals surface area contributed by atoms with E-state index in [0.717, 1.165) is 6.42 Å². The SMILES string of the molecule is COCCCNC(=O)CN(C)C(=O)c1[nH]ncc1N. The van der Waals surface area contributed by atoms with Gasteiger partial charge >= 0.3 is 0 Å². The van der Waals surface area contributed by atoms with Crippen LogP contribution in [-0.4, -0.2) is 60.8 Å². The molecule has 2 amide bonds. The van der Waals surface area contributed by atoms with Gasteiger partial charge in [0.2, 0.25) is 5.91 Å². The number of nitrogens with zero attached hydrogens (tertiary/aromatic N) is 2. The van der Waals surface area contributed by atoms with Gasteiger partial charge in [0, 0.05) is 27.3 Å². The van der Waals surface area contributed by atoms with Crippen LogP contribution in [0.3, 0.4) is 0 Å². The van der Waals surface area contributed by atoms with Gasteiger partial charge in [-0.05, 0) is 6.42 Å². The second-order valence-corrected chi connectivity index (χ2v) is 4.06. The number of anilines is 1. The van der Waals surface area contributed by atoms with E-state index in [-0.39, 0.29) is 29.7 Å². The predicted molar refractivity (Wildman–Crippen MR) is 69.5 cm³/mol.